The molecule has 0 radical (unpaired) electrons. The molecule has 5 nitrogen and oxygen atoms in total. The Balaban J connectivity index is 1.62. The molecule has 1 aliphatic carbocycles. The molecular formula is C22H32N4OS. The lowest BCUT2D eigenvalue weighted by Gasteiger charge is -2.26. The highest BCUT2D eigenvalue weighted by Crippen LogP contribution is 2.38. The summed E-state index contributed by atoms with van der Waals surface area (Å²) in [6.45, 7) is 2.94. The van der Waals surface area contributed by atoms with Crippen molar-refractivity contribution in [3.05, 3.63) is 34.0 Å². The molecule has 152 valence electrons. The summed E-state index contributed by atoms with van der Waals surface area (Å²) in [5, 5.41) is 14.9. The first-order valence-electron chi connectivity index (χ1n) is 10.5. The second-order valence-corrected chi connectivity index (χ2v) is 9.06. The molecule has 3 rings (SSSR count). The molecule has 0 spiro atoms. The van der Waals surface area contributed by atoms with E-state index < -0.39 is 0 Å². The summed E-state index contributed by atoms with van der Waals surface area (Å²) in [4.78, 5) is 8.00. The maximum Gasteiger partial charge on any atom is 0.232 e. The van der Waals surface area contributed by atoms with Crippen molar-refractivity contribution < 1.29 is 4.42 Å². The predicted octanol–water partition coefficient (Wildman–Crippen LogP) is 5.79. The van der Waals surface area contributed by atoms with Crippen LogP contribution in [0.3, 0.4) is 0 Å². The predicted molar refractivity (Wildman–Crippen MR) is 115 cm³/mol. The summed E-state index contributed by atoms with van der Waals surface area (Å²) < 4.78 is 6.05. The van der Waals surface area contributed by atoms with Gasteiger partial charge in [-0.25, -0.2) is 4.98 Å². The van der Waals surface area contributed by atoms with Crippen molar-refractivity contribution in [2.24, 2.45) is 5.92 Å². The van der Waals surface area contributed by atoms with Crippen LogP contribution in [0.5, 0.6) is 0 Å². The number of nitrogens with zero attached hydrogens (tertiary/aromatic N) is 3. The van der Waals surface area contributed by atoms with E-state index in [1.165, 1.54) is 37.0 Å². The van der Waals surface area contributed by atoms with Crippen LogP contribution in [0.1, 0.15) is 80.3 Å². The molecule has 1 N–H and O–H groups in total. The topological polar surface area (TPSA) is 65.1 Å². The SMILES string of the molecule is CCCCC1CCC(c2nc(C#N)c(NC[C@H](c3cccs3)N(C)C)o2)CC1. The van der Waals surface area contributed by atoms with Crippen LogP contribution in [-0.2, 0) is 0 Å². The number of unbranched alkanes of at least 4 members (excludes halogenated alkanes) is 1. The second-order valence-electron chi connectivity index (χ2n) is 8.08. The standard InChI is InChI=1S/C22H32N4OS/c1-4-5-7-16-9-11-17(12-10-16)21-25-18(14-23)22(27-21)24-15-19(26(2)3)20-8-6-13-28-20/h6,8,13,16-17,19,24H,4-5,7,9-12,15H2,1-3H3/t16?,17?,19-/m1/s1. The summed E-state index contributed by atoms with van der Waals surface area (Å²) in [7, 11) is 4.14. The van der Waals surface area contributed by atoms with Crippen molar-refractivity contribution in [1.29, 1.82) is 5.26 Å². The molecule has 2 aromatic heterocycles. The molecule has 1 fully saturated rings. The highest BCUT2D eigenvalue weighted by Gasteiger charge is 2.27. The van der Waals surface area contributed by atoms with Gasteiger partial charge < -0.3 is 14.6 Å². The van der Waals surface area contributed by atoms with Crippen molar-refractivity contribution in [3.63, 3.8) is 0 Å². The number of rotatable bonds is 9. The maximum atomic E-state index is 9.51. The third-order valence-electron chi connectivity index (χ3n) is 5.86. The van der Waals surface area contributed by atoms with E-state index in [0.29, 0.717) is 24.0 Å². The van der Waals surface area contributed by atoms with Gasteiger partial charge in [0, 0.05) is 17.3 Å². The molecule has 0 amide bonds. The number of oxazole rings is 1. The molecule has 0 unspecified atom stereocenters. The monoisotopic (exact) mass is 400 g/mol. The van der Waals surface area contributed by atoms with E-state index in [1.807, 2.05) is 0 Å². The van der Waals surface area contributed by atoms with Crippen LogP contribution in [0.4, 0.5) is 5.88 Å². The Bertz CT molecular complexity index is 754. The van der Waals surface area contributed by atoms with E-state index in [0.717, 1.165) is 24.7 Å². The maximum absolute atomic E-state index is 9.51. The van der Waals surface area contributed by atoms with Crippen LogP contribution in [0.25, 0.3) is 0 Å². The van der Waals surface area contributed by atoms with Crippen molar-refractivity contribution in [3.8, 4) is 6.07 Å². The van der Waals surface area contributed by atoms with Gasteiger partial charge in [-0.15, -0.1) is 11.3 Å². The van der Waals surface area contributed by atoms with E-state index in [9.17, 15) is 5.26 Å². The van der Waals surface area contributed by atoms with Gasteiger partial charge >= 0.3 is 0 Å². The highest BCUT2D eigenvalue weighted by molar-refractivity contribution is 7.10. The average Bonchev–Trinajstić information content (AvgIpc) is 3.37. The molecule has 0 aromatic carbocycles. The average molecular weight is 401 g/mol. The third kappa shape index (κ3) is 5.15. The highest BCUT2D eigenvalue weighted by atomic mass is 32.1. The first-order valence-corrected chi connectivity index (χ1v) is 11.3. The number of aromatic nitrogens is 1. The molecule has 0 saturated heterocycles. The van der Waals surface area contributed by atoms with E-state index in [2.05, 4.69) is 59.8 Å². The van der Waals surface area contributed by atoms with Crippen LogP contribution in [-0.4, -0.2) is 30.5 Å². The summed E-state index contributed by atoms with van der Waals surface area (Å²) in [6, 6.07) is 6.65. The van der Waals surface area contributed by atoms with Crippen LogP contribution in [0, 0.1) is 17.2 Å². The molecule has 2 aromatic rings. The lowest BCUT2D eigenvalue weighted by atomic mass is 9.80. The van der Waals surface area contributed by atoms with Crippen LogP contribution >= 0.6 is 11.3 Å². The Labute approximate surface area is 172 Å². The van der Waals surface area contributed by atoms with Gasteiger partial charge in [-0.2, -0.15) is 5.26 Å². The summed E-state index contributed by atoms with van der Waals surface area (Å²) in [6.07, 6.45) is 8.69. The third-order valence-corrected chi connectivity index (χ3v) is 6.84. The number of thiophene rings is 1. The van der Waals surface area contributed by atoms with Crippen LogP contribution in [0.15, 0.2) is 21.9 Å². The Hall–Kier alpha value is -1.84. The van der Waals surface area contributed by atoms with Crippen molar-refractivity contribution in [2.75, 3.05) is 26.0 Å². The number of likely N-dealkylation sites (N-methyl/N-ethyl adjacent to an activating group) is 1. The molecule has 0 bridgehead atoms. The zero-order valence-electron chi connectivity index (χ0n) is 17.3. The van der Waals surface area contributed by atoms with Crippen molar-refractivity contribution >= 4 is 17.2 Å². The summed E-state index contributed by atoms with van der Waals surface area (Å²) in [5.74, 6) is 2.47. The Kier molecular flexibility index (Phi) is 7.52. The Morgan fingerprint density at radius 2 is 2.14 bits per heavy atom. The van der Waals surface area contributed by atoms with Gasteiger partial charge in [-0.05, 0) is 57.1 Å². The number of hydrogen-bond donors (Lipinski definition) is 1. The van der Waals surface area contributed by atoms with E-state index in [1.54, 1.807) is 11.3 Å². The lowest BCUT2D eigenvalue weighted by molar-refractivity contribution is 0.278. The van der Waals surface area contributed by atoms with Crippen molar-refractivity contribution in [1.82, 2.24) is 9.88 Å². The smallest absolute Gasteiger partial charge is 0.232 e. The minimum atomic E-state index is 0.231. The second kappa shape index (κ2) is 10.1. The molecule has 2 heterocycles. The fourth-order valence-corrected chi connectivity index (χ4v) is 5.03. The van der Waals surface area contributed by atoms with Crippen LogP contribution in [0.2, 0.25) is 0 Å². The fourth-order valence-electron chi connectivity index (χ4n) is 4.11. The number of nitrogens with one attached hydrogen (secondary N) is 1. The van der Waals surface area contributed by atoms with E-state index >= 15 is 0 Å². The molecule has 1 saturated carbocycles. The minimum absolute atomic E-state index is 0.231. The Morgan fingerprint density at radius 1 is 1.36 bits per heavy atom. The molecule has 1 atom stereocenters. The van der Waals surface area contributed by atoms with E-state index in [-0.39, 0.29) is 6.04 Å². The first-order chi connectivity index (χ1) is 13.6. The molecule has 1 aliphatic rings. The fraction of sp³-hybridized carbons (Fsp3) is 0.636. The van der Waals surface area contributed by atoms with Gasteiger partial charge in [0.25, 0.3) is 0 Å². The molecule has 6 heteroatoms. The molecule has 0 aliphatic heterocycles. The summed E-state index contributed by atoms with van der Waals surface area (Å²) >= 11 is 1.75. The van der Waals surface area contributed by atoms with Gasteiger partial charge in [0.05, 0.1) is 6.04 Å². The zero-order valence-corrected chi connectivity index (χ0v) is 18.1. The Morgan fingerprint density at radius 3 is 2.75 bits per heavy atom. The normalized spacial score (nSPS) is 20.8. The minimum Gasteiger partial charge on any atom is -0.424 e. The molecular weight excluding hydrogens is 368 g/mol. The van der Waals surface area contributed by atoms with Crippen LogP contribution < -0.4 is 5.32 Å². The first kappa shape index (κ1) is 20.9. The zero-order chi connectivity index (χ0) is 19.9. The number of anilines is 1. The summed E-state index contributed by atoms with van der Waals surface area (Å²) in [5.41, 5.74) is 0.381. The lowest BCUT2D eigenvalue weighted by Crippen LogP contribution is -2.26. The van der Waals surface area contributed by atoms with Gasteiger partial charge in [0.15, 0.2) is 0 Å². The van der Waals surface area contributed by atoms with E-state index in [4.69, 9.17) is 4.42 Å². The molecule has 28 heavy (non-hydrogen) atoms. The quantitative estimate of drug-likeness (QED) is 0.577. The number of hydrogen-bond acceptors (Lipinski definition) is 6. The van der Waals surface area contributed by atoms with Gasteiger partial charge in [-0.3, -0.25) is 0 Å². The van der Waals surface area contributed by atoms with Gasteiger partial charge in [-0.1, -0.05) is 32.3 Å². The largest absolute Gasteiger partial charge is 0.424 e. The van der Waals surface area contributed by atoms with Gasteiger partial charge in [0.1, 0.15) is 6.07 Å². The number of nitriles is 1. The van der Waals surface area contributed by atoms with Gasteiger partial charge in [0.2, 0.25) is 17.5 Å². The van der Waals surface area contributed by atoms with Crippen molar-refractivity contribution in [2.45, 2.75) is 63.8 Å².